The van der Waals surface area contributed by atoms with Crippen molar-refractivity contribution in [3.63, 3.8) is 0 Å². The van der Waals surface area contributed by atoms with Crippen molar-refractivity contribution in [1.29, 1.82) is 0 Å². The van der Waals surface area contributed by atoms with Gasteiger partial charge in [0.25, 0.3) is 0 Å². The zero-order valence-corrected chi connectivity index (χ0v) is 6.00. The highest BCUT2D eigenvalue weighted by molar-refractivity contribution is 5.86. The van der Waals surface area contributed by atoms with Gasteiger partial charge in [-0.1, -0.05) is 0 Å². The van der Waals surface area contributed by atoms with Gasteiger partial charge in [-0.25, -0.2) is 0 Å². The molecule has 2 amide bonds. The smallest absolute Gasteiger partial charge is 0.249 e. The summed E-state index contributed by atoms with van der Waals surface area (Å²) in [6, 6.07) is 0. The third-order valence-corrected chi connectivity index (χ3v) is 1.43. The van der Waals surface area contributed by atoms with Gasteiger partial charge in [0.15, 0.2) is 0 Å². The predicted molar refractivity (Wildman–Crippen MR) is 36.6 cm³/mol. The van der Waals surface area contributed by atoms with Crippen molar-refractivity contribution in [1.82, 2.24) is 5.32 Å². The topological polar surface area (TPSA) is 81.4 Å². The lowest BCUT2D eigenvalue weighted by molar-refractivity contribution is -0.145. The second-order valence-electron chi connectivity index (χ2n) is 2.33. The van der Waals surface area contributed by atoms with E-state index in [9.17, 15) is 9.59 Å². The minimum atomic E-state index is -0.544. The van der Waals surface area contributed by atoms with Crippen LogP contribution in [-0.2, 0) is 14.3 Å². The van der Waals surface area contributed by atoms with Crippen LogP contribution < -0.4 is 11.1 Å². The van der Waals surface area contributed by atoms with Crippen LogP contribution in [0.25, 0.3) is 0 Å². The number of nitrogens with two attached hydrogens (primary N) is 1. The number of amides is 2. The quantitative estimate of drug-likeness (QED) is 0.517. The first kappa shape index (κ1) is 8.00. The Balaban J connectivity index is 2.15. The highest BCUT2D eigenvalue weighted by Gasteiger charge is 2.25. The van der Waals surface area contributed by atoms with Gasteiger partial charge < -0.3 is 15.8 Å². The summed E-state index contributed by atoms with van der Waals surface area (Å²) in [5, 5.41) is 2.35. The van der Waals surface area contributed by atoms with E-state index in [2.05, 4.69) is 5.32 Å². The van der Waals surface area contributed by atoms with E-state index in [-0.39, 0.29) is 18.6 Å². The Kier molecular flexibility index (Phi) is 2.43. The third-order valence-electron chi connectivity index (χ3n) is 1.43. The number of carbonyl (C=O) groups is 2. The Morgan fingerprint density at radius 3 is 2.64 bits per heavy atom. The molecule has 0 aromatic carbocycles. The van der Waals surface area contributed by atoms with E-state index in [0.717, 1.165) is 6.42 Å². The van der Waals surface area contributed by atoms with Gasteiger partial charge in [0.1, 0.15) is 6.10 Å². The van der Waals surface area contributed by atoms with E-state index < -0.39 is 5.91 Å². The fraction of sp³-hybridized carbons (Fsp3) is 0.667. The molecule has 3 N–H and O–H groups in total. The number of ether oxygens (including phenoxy) is 1. The van der Waals surface area contributed by atoms with E-state index in [1.807, 2.05) is 0 Å². The number of hydrogen-bond donors (Lipinski definition) is 2. The van der Waals surface area contributed by atoms with Crippen molar-refractivity contribution >= 4 is 11.8 Å². The lowest BCUT2D eigenvalue weighted by atomic mass is 10.2. The van der Waals surface area contributed by atoms with Crippen molar-refractivity contribution < 1.29 is 14.3 Å². The first-order valence-corrected chi connectivity index (χ1v) is 3.38. The average molecular weight is 158 g/mol. The van der Waals surface area contributed by atoms with Gasteiger partial charge in [0, 0.05) is 6.42 Å². The van der Waals surface area contributed by atoms with E-state index in [1.54, 1.807) is 0 Å². The van der Waals surface area contributed by atoms with Gasteiger partial charge in [-0.3, -0.25) is 9.59 Å². The Morgan fingerprint density at radius 2 is 2.27 bits per heavy atom. The molecule has 0 aliphatic carbocycles. The molecule has 1 rings (SSSR count). The van der Waals surface area contributed by atoms with E-state index in [1.165, 1.54) is 0 Å². The Labute approximate surface area is 63.9 Å². The highest BCUT2D eigenvalue weighted by atomic mass is 16.5. The molecule has 0 spiro atoms. The largest absolute Gasteiger partial charge is 0.368 e. The Hall–Kier alpha value is -1.10. The van der Waals surface area contributed by atoms with Crippen molar-refractivity contribution in [3.05, 3.63) is 0 Å². The fourth-order valence-corrected chi connectivity index (χ4v) is 0.731. The lowest BCUT2D eigenvalue weighted by Crippen LogP contribution is -2.45. The molecule has 1 heterocycles. The first-order valence-electron chi connectivity index (χ1n) is 3.38. The summed E-state index contributed by atoms with van der Waals surface area (Å²) in [4.78, 5) is 21.1. The summed E-state index contributed by atoms with van der Waals surface area (Å²) in [7, 11) is 0. The van der Waals surface area contributed by atoms with Gasteiger partial charge in [0.05, 0.1) is 13.2 Å². The molecule has 1 unspecified atom stereocenters. The highest BCUT2D eigenvalue weighted by Crippen LogP contribution is 2.09. The van der Waals surface area contributed by atoms with Crippen LogP contribution >= 0.6 is 0 Å². The van der Waals surface area contributed by atoms with Crippen LogP contribution in [0.1, 0.15) is 6.42 Å². The molecule has 0 aromatic heterocycles. The number of hydrogen-bond acceptors (Lipinski definition) is 3. The van der Waals surface area contributed by atoms with Gasteiger partial charge in [-0.05, 0) is 0 Å². The van der Waals surface area contributed by atoms with Crippen LogP contribution in [0.5, 0.6) is 0 Å². The van der Waals surface area contributed by atoms with Crippen molar-refractivity contribution in [2.75, 3.05) is 13.2 Å². The van der Waals surface area contributed by atoms with Crippen LogP contribution in [0.3, 0.4) is 0 Å². The Morgan fingerprint density at radius 1 is 1.64 bits per heavy atom. The van der Waals surface area contributed by atoms with Gasteiger partial charge in [-0.2, -0.15) is 0 Å². The Bertz CT molecular complexity index is 177. The van der Waals surface area contributed by atoms with E-state index >= 15 is 0 Å². The van der Waals surface area contributed by atoms with Crippen LogP contribution in [0, 0.1) is 0 Å². The molecule has 1 fully saturated rings. The van der Waals surface area contributed by atoms with Crippen molar-refractivity contribution in [2.24, 2.45) is 5.73 Å². The van der Waals surface area contributed by atoms with Crippen LogP contribution in [-0.4, -0.2) is 31.1 Å². The van der Waals surface area contributed by atoms with Crippen molar-refractivity contribution in [2.45, 2.75) is 12.5 Å². The summed E-state index contributed by atoms with van der Waals surface area (Å²) >= 11 is 0. The first-order chi connectivity index (χ1) is 5.20. The van der Waals surface area contributed by atoms with E-state index in [0.29, 0.717) is 6.61 Å². The number of rotatable bonds is 3. The molecule has 0 aromatic rings. The number of carbonyl (C=O) groups excluding carboxylic acids is 2. The molecule has 0 saturated carbocycles. The van der Waals surface area contributed by atoms with Crippen molar-refractivity contribution in [3.8, 4) is 0 Å². The predicted octanol–water partition coefficient (Wildman–Crippen LogP) is -1.62. The monoisotopic (exact) mass is 158 g/mol. The zero-order chi connectivity index (χ0) is 8.27. The molecule has 0 radical (unpaired) electrons. The lowest BCUT2D eigenvalue weighted by Gasteiger charge is -2.24. The molecule has 0 bridgehead atoms. The minimum Gasteiger partial charge on any atom is -0.368 e. The standard InChI is InChI=1S/C6H10N2O3/c7-5(9)3-8-6(10)4-1-2-11-4/h4H,1-3H2,(H2,7,9)(H,8,10). The molecule has 1 saturated heterocycles. The fourth-order valence-electron chi connectivity index (χ4n) is 0.731. The summed E-state index contributed by atoms with van der Waals surface area (Å²) in [5.74, 6) is -0.798. The van der Waals surface area contributed by atoms with Crippen LogP contribution in [0.2, 0.25) is 0 Å². The molecular formula is C6H10N2O3. The second-order valence-corrected chi connectivity index (χ2v) is 2.33. The molecule has 1 atom stereocenters. The molecule has 5 nitrogen and oxygen atoms in total. The summed E-state index contributed by atoms with van der Waals surface area (Å²) in [6.07, 6.45) is 0.360. The number of primary amides is 1. The maximum Gasteiger partial charge on any atom is 0.249 e. The second kappa shape index (κ2) is 3.34. The van der Waals surface area contributed by atoms with Gasteiger partial charge in [-0.15, -0.1) is 0 Å². The van der Waals surface area contributed by atoms with Crippen LogP contribution in [0.15, 0.2) is 0 Å². The summed E-state index contributed by atoms with van der Waals surface area (Å²) in [6.45, 7) is 0.507. The maximum atomic E-state index is 10.9. The molecule has 1 aliphatic heterocycles. The molecular weight excluding hydrogens is 148 g/mol. The van der Waals surface area contributed by atoms with Gasteiger partial charge in [0.2, 0.25) is 11.8 Å². The normalized spacial score (nSPS) is 22.0. The molecule has 62 valence electrons. The van der Waals surface area contributed by atoms with Crippen LogP contribution in [0.4, 0.5) is 0 Å². The molecule has 5 heteroatoms. The molecule has 11 heavy (non-hydrogen) atoms. The minimum absolute atomic E-state index is 0.112. The van der Waals surface area contributed by atoms with Gasteiger partial charge >= 0.3 is 0 Å². The third kappa shape index (κ3) is 2.19. The average Bonchev–Trinajstić information content (AvgIpc) is 1.79. The zero-order valence-electron chi connectivity index (χ0n) is 6.00. The summed E-state index contributed by atoms with van der Waals surface area (Å²) in [5.41, 5.74) is 4.81. The maximum absolute atomic E-state index is 10.9. The SMILES string of the molecule is NC(=O)CNC(=O)C1CCO1. The molecule has 1 aliphatic rings. The summed E-state index contributed by atoms with van der Waals surface area (Å²) < 4.78 is 4.86. The number of nitrogens with one attached hydrogen (secondary N) is 1. The van der Waals surface area contributed by atoms with E-state index in [4.69, 9.17) is 10.5 Å².